The lowest BCUT2D eigenvalue weighted by atomic mass is 10.1. The van der Waals surface area contributed by atoms with Crippen molar-refractivity contribution in [2.24, 2.45) is 0 Å². The minimum absolute atomic E-state index is 0.0179. The lowest BCUT2D eigenvalue weighted by Crippen LogP contribution is -2.25. The van der Waals surface area contributed by atoms with Crippen molar-refractivity contribution in [2.45, 2.75) is 13.3 Å². The van der Waals surface area contributed by atoms with Crippen LogP contribution in [0.2, 0.25) is 0 Å². The fourth-order valence-electron chi connectivity index (χ4n) is 0.894. The van der Waals surface area contributed by atoms with E-state index in [1.165, 1.54) is 0 Å². The van der Waals surface area contributed by atoms with Gasteiger partial charge in [-0.25, -0.2) is 0 Å². The Bertz CT molecular complexity index is 206. The van der Waals surface area contributed by atoms with Crippen molar-refractivity contribution in [1.29, 1.82) is 0 Å². The summed E-state index contributed by atoms with van der Waals surface area (Å²) < 4.78 is 0. The Morgan fingerprint density at radius 2 is 2.64 bits per heavy atom. The van der Waals surface area contributed by atoms with E-state index in [9.17, 15) is 4.79 Å². The van der Waals surface area contributed by atoms with Gasteiger partial charge in [-0.15, -0.1) is 0 Å². The molecule has 0 fully saturated rings. The minimum atomic E-state index is 0.0179. The van der Waals surface area contributed by atoms with Gasteiger partial charge in [0.1, 0.15) is 0 Å². The van der Waals surface area contributed by atoms with Gasteiger partial charge in [-0.05, 0) is 19.5 Å². The molecule has 2 N–H and O–H groups in total. The van der Waals surface area contributed by atoms with E-state index in [0.29, 0.717) is 6.54 Å². The van der Waals surface area contributed by atoms with Crippen molar-refractivity contribution in [3.8, 4) is 0 Å². The molecule has 1 aliphatic rings. The monoisotopic (exact) mass is 152 g/mol. The number of nitrogens with one attached hydrogen (secondary N) is 2. The number of likely N-dealkylation sites (N-methyl/N-ethyl adjacent to an activating group) is 1. The van der Waals surface area contributed by atoms with Crippen LogP contribution in [0.15, 0.2) is 24.0 Å². The smallest absolute Gasteiger partial charge is 0.248 e. The fraction of sp³-hybridized carbons (Fsp3) is 0.375. The highest BCUT2D eigenvalue weighted by Crippen LogP contribution is 2.04. The summed E-state index contributed by atoms with van der Waals surface area (Å²) in [6, 6.07) is 0. The lowest BCUT2D eigenvalue weighted by molar-refractivity contribution is -0.117. The summed E-state index contributed by atoms with van der Waals surface area (Å²) in [5, 5.41) is 5.60. The van der Waals surface area contributed by atoms with Gasteiger partial charge >= 0.3 is 0 Å². The molecule has 0 saturated heterocycles. The maximum Gasteiger partial charge on any atom is 0.248 e. The molecule has 11 heavy (non-hydrogen) atoms. The first-order valence-corrected chi connectivity index (χ1v) is 3.73. The normalized spacial score (nSPS) is 15.2. The van der Waals surface area contributed by atoms with Crippen LogP contribution in [0.1, 0.15) is 13.3 Å². The topological polar surface area (TPSA) is 41.1 Å². The van der Waals surface area contributed by atoms with Crippen LogP contribution in [0.3, 0.4) is 0 Å². The Kier molecular flexibility index (Phi) is 2.72. The van der Waals surface area contributed by atoms with Crippen molar-refractivity contribution in [2.75, 3.05) is 6.54 Å². The van der Waals surface area contributed by atoms with Crippen molar-refractivity contribution in [1.82, 2.24) is 10.6 Å². The Labute approximate surface area is 66.2 Å². The molecular formula is C8H12N2O. The number of hydrogen-bond donors (Lipinski definition) is 2. The van der Waals surface area contributed by atoms with Crippen LogP contribution in [0.4, 0.5) is 0 Å². The van der Waals surface area contributed by atoms with Crippen molar-refractivity contribution in [3.05, 3.63) is 24.0 Å². The molecule has 3 heteroatoms. The molecule has 0 aromatic heterocycles. The van der Waals surface area contributed by atoms with Crippen LogP contribution in [-0.2, 0) is 4.79 Å². The van der Waals surface area contributed by atoms with Crippen LogP contribution in [0.25, 0.3) is 0 Å². The van der Waals surface area contributed by atoms with E-state index < -0.39 is 0 Å². The number of hydrogen-bond acceptors (Lipinski definition) is 2. The first kappa shape index (κ1) is 7.85. The minimum Gasteiger partial charge on any atom is -0.367 e. The average Bonchev–Trinajstić information content (AvgIpc) is 2.07. The third-order valence-corrected chi connectivity index (χ3v) is 1.44. The van der Waals surface area contributed by atoms with E-state index in [1.807, 2.05) is 19.2 Å². The van der Waals surface area contributed by atoms with E-state index >= 15 is 0 Å². The Hall–Kier alpha value is -1.25. The van der Waals surface area contributed by atoms with E-state index in [-0.39, 0.29) is 5.91 Å². The SMILES string of the molecule is CCNC(=O)C1=CNC=CC1. The van der Waals surface area contributed by atoms with Crippen LogP contribution < -0.4 is 10.6 Å². The number of dihydropyridines is 1. The summed E-state index contributed by atoms with van der Waals surface area (Å²) in [6.07, 6.45) is 6.19. The van der Waals surface area contributed by atoms with Crippen molar-refractivity contribution >= 4 is 5.91 Å². The molecule has 1 rings (SSSR count). The molecule has 0 radical (unpaired) electrons. The second-order valence-corrected chi connectivity index (χ2v) is 2.30. The van der Waals surface area contributed by atoms with Crippen LogP contribution in [-0.4, -0.2) is 12.5 Å². The van der Waals surface area contributed by atoms with Gasteiger partial charge in [-0.1, -0.05) is 6.08 Å². The van der Waals surface area contributed by atoms with Gasteiger partial charge in [0.05, 0.1) is 0 Å². The predicted molar refractivity (Wildman–Crippen MR) is 43.7 cm³/mol. The van der Waals surface area contributed by atoms with Gasteiger partial charge in [-0.2, -0.15) is 0 Å². The molecule has 0 aliphatic carbocycles. The zero-order valence-corrected chi connectivity index (χ0v) is 6.55. The highest BCUT2D eigenvalue weighted by molar-refractivity contribution is 5.93. The molecule has 1 heterocycles. The lowest BCUT2D eigenvalue weighted by Gasteiger charge is -2.07. The van der Waals surface area contributed by atoms with Crippen LogP contribution in [0, 0.1) is 0 Å². The van der Waals surface area contributed by atoms with E-state index in [1.54, 1.807) is 6.20 Å². The summed E-state index contributed by atoms with van der Waals surface area (Å²) >= 11 is 0. The molecule has 0 spiro atoms. The molecule has 0 aromatic carbocycles. The molecule has 1 aliphatic heterocycles. The summed E-state index contributed by atoms with van der Waals surface area (Å²) in [6.45, 7) is 2.59. The number of amides is 1. The molecule has 0 unspecified atom stereocenters. The zero-order valence-electron chi connectivity index (χ0n) is 6.55. The van der Waals surface area contributed by atoms with Gasteiger partial charge in [0.2, 0.25) is 5.91 Å². The van der Waals surface area contributed by atoms with Gasteiger partial charge in [0, 0.05) is 18.3 Å². The number of allylic oxidation sites excluding steroid dienone is 1. The average molecular weight is 152 g/mol. The van der Waals surface area contributed by atoms with E-state index in [2.05, 4.69) is 10.6 Å². The molecule has 60 valence electrons. The maximum absolute atomic E-state index is 11.1. The van der Waals surface area contributed by atoms with Gasteiger partial charge in [0.25, 0.3) is 0 Å². The van der Waals surface area contributed by atoms with Crippen LogP contribution >= 0.6 is 0 Å². The van der Waals surface area contributed by atoms with Crippen molar-refractivity contribution < 1.29 is 4.79 Å². The van der Waals surface area contributed by atoms with Gasteiger partial charge in [-0.3, -0.25) is 4.79 Å². The van der Waals surface area contributed by atoms with Crippen LogP contribution in [0.5, 0.6) is 0 Å². The number of carbonyl (C=O) groups excluding carboxylic acids is 1. The first-order valence-electron chi connectivity index (χ1n) is 3.73. The molecule has 0 aromatic rings. The zero-order chi connectivity index (χ0) is 8.10. The maximum atomic E-state index is 11.1. The second kappa shape index (κ2) is 3.81. The third-order valence-electron chi connectivity index (χ3n) is 1.44. The Balaban J connectivity index is 2.46. The molecule has 0 bridgehead atoms. The first-order chi connectivity index (χ1) is 5.34. The summed E-state index contributed by atoms with van der Waals surface area (Å²) in [7, 11) is 0. The third kappa shape index (κ3) is 2.11. The van der Waals surface area contributed by atoms with Crippen molar-refractivity contribution in [3.63, 3.8) is 0 Å². The molecule has 1 amide bonds. The molecular weight excluding hydrogens is 140 g/mol. The highest BCUT2D eigenvalue weighted by Gasteiger charge is 2.07. The molecule has 0 atom stereocenters. The Morgan fingerprint density at radius 1 is 1.82 bits per heavy atom. The standard InChI is InChI=1S/C8H12N2O/c1-2-10-8(11)7-4-3-5-9-6-7/h3,5-6,9H,2,4H2,1H3,(H,10,11). The quantitative estimate of drug-likeness (QED) is 0.605. The largest absolute Gasteiger partial charge is 0.367 e. The van der Waals surface area contributed by atoms with E-state index in [0.717, 1.165) is 12.0 Å². The van der Waals surface area contributed by atoms with Gasteiger partial charge in [0.15, 0.2) is 0 Å². The summed E-state index contributed by atoms with van der Waals surface area (Å²) in [5.74, 6) is 0.0179. The number of carbonyl (C=O) groups is 1. The predicted octanol–water partition coefficient (Wildman–Crippen LogP) is 0.513. The number of rotatable bonds is 2. The molecule has 0 saturated carbocycles. The Morgan fingerprint density at radius 3 is 3.18 bits per heavy atom. The highest BCUT2D eigenvalue weighted by atomic mass is 16.1. The summed E-state index contributed by atoms with van der Waals surface area (Å²) in [5.41, 5.74) is 0.786. The van der Waals surface area contributed by atoms with E-state index in [4.69, 9.17) is 0 Å². The molecule has 3 nitrogen and oxygen atoms in total. The van der Waals surface area contributed by atoms with Gasteiger partial charge < -0.3 is 10.6 Å². The fourth-order valence-corrected chi connectivity index (χ4v) is 0.894. The summed E-state index contributed by atoms with van der Waals surface area (Å²) in [4.78, 5) is 11.1. The second-order valence-electron chi connectivity index (χ2n) is 2.30.